The molecule has 0 aliphatic rings. The highest BCUT2D eigenvalue weighted by Gasteiger charge is 2.03. The molecule has 66 valence electrons. The fourth-order valence-electron chi connectivity index (χ4n) is 1.07. The fourth-order valence-corrected chi connectivity index (χ4v) is 1.07. The Morgan fingerprint density at radius 3 is 3.15 bits per heavy atom. The maximum Gasteiger partial charge on any atom is 0.232 e. The van der Waals surface area contributed by atoms with Gasteiger partial charge >= 0.3 is 0 Å². The summed E-state index contributed by atoms with van der Waals surface area (Å²) in [7, 11) is 1.52. The number of aromatic nitrogens is 3. The van der Waals surface area contributed by atoms with Crippen LogP contribution in [-0.4, -0.2) is 28.3 Å². The molecule has 2 heterocycles. The Morgan fingerprint density at radius 2 is 2.46 bits per heavy atom. The molecule has 2 aromatic rings. The molecule has 0 bridgehead atoms. The third-order valence-electron chi connectivity index (χ3n) is 1.67. The van der Waals surface area contributed by atoms with Crippen molar-refractivity contribution in [3.63, 3.8) is 0 Å². The molecule has 2 aromatic heterocycles. The molecule has 13 heavy (non-hydrogen) atoms. The molecule has 0 aliphatic heterocycles. The summed E-state index contributed by atoms with van der Waals surface area (Å²) in [4.78, 5) is 21.3. The van der Waals surface area contributed by atoms with Crippen molar-refractivity contribution in [2.75, 3.05) is 7.11 Å². The van der Waals surface area contributed by atoms with E-state index in [4.69, 9.17) is 4.74 Å². The van der Waals surface area contributed by atoms with Crippen molar-refractivity contribution >= 4 is 17.5 Å². The number of nitrogens with one attached hydrogen (secondary N) is 1. The Balaban J connectivity index is 2.63. The first-order chi connectivity index (χ1) is 6.33. The van der Waals surface area contributed by atoms with Gasteiger partial charge in [-0.25, -0.2) is 9.97 Å². The van der Waals surface area contributed by atoms with E-state index in [0.717, 1.165) is 6.29 Å². The number of aldehydes is 1. The topological polar surface area (TPSA) is 67.9 Å². The molecule has 5 nitrogen and oxygen atoms in total. The summed E-state index contributed by atoms with van der Waals surface area (Å²) in [5.74, 6) is 0.434. The largest absolute Gasteiger partial charge is 0.480 e. The predicted octanol–water partition coefficient (Wildman–Crippen LogP) is 0.779. The van der Waals surface area contributed by atoms with E-state index in [9.17, 15) is 4.79 Å². The van der Waals surface area contributed by atoms with E-state index in [1.165, 1.54) is 13.3 Å². The molecule has 0 atom stereocenters. The smallest absolute Gasteiger partial charge is 0.232 e. The number of aromatic amines is 1. The lowest BCUT2D eigenvalue weighted by atomic mass is 10.4. The first-order valence-electron chi connectivity index (χ1n) is 3.68. The quantitative estimate of drug-likeness (QED) is 0.688. The lowest BCUT2D eigenvalue weighted by Gasteiger charge is -1.95. The average molecular weight is 177 g/mol. The lowest BCUT2D eigenvalue weighted by molar-refractivity contribution is 0.111. The van der Waals surface area contributed by atoms with Crippen molar-refractivity contribution in [1.82, 2.24) is 15.0 Å². The van der Waals surface area contributed by atoms with Crippen LogP contribution in [0, 0.1) is 0 Å². The SMILES string of the molecule is COc1cnc2[nH]c(C=O)cc2n1. The van der Waals surface area contributed by atoms with Crippen LogP contribution in [0.1, 0.15) is 10.5 Å². The predicted molar refractivity (Wildman–Crippen MR) is 45.8 cm³/mol. The number of methoxy groups -OCH3 is 1. The molecule has 0 spiro atoms. The normalized spacial score (nSPS) is 10.2. The number of nitrogens with zero attached hydrogens (tertiary/aromatic N) is 2. The number of fused-ring (bicyclic) bond motifs is 1. The number of hydrogen-bond acceptors (Lipinski definition) is 4. The van der Waals surface area contributed by atoms with Gasteiger partial charge in [0.1, 0.15) is 5.52 Å². The number of H-pyrrole nitrogens is 1. The van der Waals surface area contributed by atoms with E-state index in [1.807, 2.05) is 0 Å². The van der Waals surface area contributed by atoms with E-state index in [0.29, 0.717) is 22.7 Å². The first kappa shape index (κ1) is 7.72. The van der Waals surface area contributed by atoms with Crippen LogP contribution in [0.5, 0.6) is 5.88 Å². The van der Waals surface area contributed by atoms with Crippen molar-refractivity contribution in [1.29, 1.82) is 0 Å². The molecule has 0 amide bonds. The second-order valence-electron chi connectivity index (χ2n) is 2.49. The summed E-state index contributed by atoms with van der Waals surface area (Å²) >= 11 is 0. The molecule has 5 heteroatoms. The number of carbonyl (C=O) groups excluding carboxylic acids is 1. The number of ether oxygens (including phenoxy) is 1. The van der Waals surface area contributed by atoms with Gasteiger partial charge in [-0.1, -0.05) is 0 Å². The molecule has 0 saturated heterocycles. The van der Waals surface area contributed by atoms with Crippen LogP contribution < -0.4 is 4.74 Å². The molecule has 0 aliphatic carbocycles. The van der Waals surface area contributed by atoms with Crippen LogP contribution in [0.3, 0.4) is 0 Å². The van der Waals surface area contributed by atoms with Crippen LogP contribution in [0.4, 0.5) is 0 Å². The lowest BCUT2D eigenvalue weighted by Crippen LogP contribution is -1.88. The zero-order valence-electron chi connectivity index (χ0n) is 6.94. The highest BCUT2D eigenvalue weighted by molar-refractivity contribution is 5.83. The Labute approximate surface area is 73.8 Å². The van der Waals surface area contributed by atoms with Crippen LogP contribution in [0.2, 0.25) is 0 Å². The van der Waals surface area contributed by atoms with E-state index >= 15 is 0 Å². The molecule has 0 aromatic carbocycles. The van der Waals surface area contributed by atoms with Gasteiger partial charge in [0.05, 0.1) is 19.0 Å². The molecule has 0 unspecified atom stereocenters. The molecule has 2 rings (SSSR count). The highest BCUT2D eigenvalue weighted by atomic mass is 16.5. The van der Waals surface area contributed by atoms with Gasteiger partial charge in [-0.3, -0.25) is 4.79 Å². The van der Waals surface area contributed by atoms with Crippen molar-refractivity contribution in [3.05, 3.63) is 18.0 Å². The summed E-state index contributed by atoms with van der Waals surface area (Å²) in [5, 5.41) is 0. The summed E-state index contributed by atoms with van der Waals surface area (Å²) in [5.41, 5.74) is 1.67. The van der Waals surface area contributed by atoms with Crippen molar-refractivity contribution in [2.45, 2.75) is 0 Å². The zero-order valence-corrected chi connectivity index (χ0v) is 6.94. The summed E-state index contributed by atoms with van der Waals surface area (Å²) in [6.07, 6.45) is 2.21. The van der Waals surface area contributed by atoms with Crippen LogP contribution in [-0.2, 0) is 0 Å². The summed E-state index contributed by atoms with van der Waals surface area (Å²) in [6, 6.07) is 1.62. The molecule has 1 N–H and O–H groups in total. The van der Waals surface area contributed by atoms with Gasteiger partial charge in [0.15, 0.2) is 11.9 Å². The van der Waals surface area contributed by atoms with Gasteiger partial charge in [0.2, 0.25) is 5.88 Å². The minimum Gasteiger partial charge on any atom is -0.480 e. The number of carbonyl (C=O) groups is 1. The second kappa shape index (κ2) is 2.85. The Bertz CT molecular complexity index is 450. The van der Waals surface area contributed by atoms with E-state index in [2.05, 4.69) is 15.0 Å². The highest BCUT2D eigenvalue weighted by Crippen LogP contribution is 2.13. The minimum absolute atomic E-state index is 0.434. The summed E-state index contributed by atoms with van der Waals surface area (Å²) < 4.78 is 4.89. The maximum atomic E-state index is 10.4. The van der Waals surface area contributed by atoms with Gasteiger partial charge in [0, 0.05) is 0 Å². The Morgan fingerprint density at radius 1 is 1.62 bits per heavy atom. The number of rotatable bonds is 2. The Kier molecular flexibility index (Phi) is 1.70. The van der Waals surface area contributed by atoms with Crippen LogP contribution in [0.15, 0.2) is 12.3 Å². The molecule has 0 radical (unpaired) electrons. The molecule has 0 fully saturated rings. The number of hydrogen-bond donors (Lipinski definition) is 1. The summed E-state index contributed by atoms with van der Waals surface area (Å²) in [6.45, 7) is 0. The maximum absolute atomic E-state index is 10.4. The Hall–Kier alpha value is -1.91. The van der Waals surface area contributed by atoms with Crippen LogP contribution in [0.25, 0.3) is 11.2 Å². The molecular formula is C8H7N3O2. The van der Waals surface area contributed by atoms with E-state index in [-0.39, 0.29) is 0 Å². The van der Waals surface area contributed by atoms with Crippen molar-refractivity contribution in [2.24, 2.45) is 0 Å². The molecule has 0 saturated carbocycles. The van der Waals surface area contributed by atoms with Gasteiger partial charge in [0.25, 0.3) is 0 Å². The van der Waals surface area contributed by atoms with E-state index < -0.39 is 0 Å². The van der Waals surface area contributed by atoms with Crippen LogP contribution >= 0.6 is 0 Å². The minimum atomic E-state index is 0.434. The van der Waals surface area contributed by atoms with Crippen molar-refractivity contribution < 1.29 is 9.53 Å². The third-order valence-corrected chi connectivity index (χ3v) is 1.67. The molecular weight excluding hydrogens is 170 g/mol. The van der Waals surface area contributed by atoms with Gasteiger partial charge in [-0.05, 0) is 6.07 Å². The van der Waals surface area contributed by atoms with Gasteiger partial charge < -0.3 is 9.72 Å². The monoisotopic (exact) mass is 177 g/mol. The standard InChI is InChI=1S/C8H7N3O2/c1-13-7-3-9-8-6(11-7)2-5(4-12)10-8/h2-4H,1H3,(H,9,10). The van der Waals surface area contributed by atoms with Gasteiger partial charge in [-0.15, -0.1) is 0 Å². The second-order valence-corrected chi connectivity index (χ2v) is 2.49. The third kappa shape index (κ3) is 1.24. The average Bonchev–Trinajstić information content (AvgIpc) is 2.58. The van der Waals surface area contributed by atoms with Gasteiger partial charge in [-0.2, -0.15) is 0 Å². The van der Waals surface area contributed by atoms with Crippen molar-refractivity contribution in [3.8, 4) is 5.88 Å². The fraction of sp³-hybridized carbons (Fsp3) is 0.125. The first-order valence-corrected chi connectivity index (χ1v) is 3.68. The zero-order chi connectivity index (χ0) is 9.26. The van der Waals surface area contributed by atoms with E-state index in [1.54, 1.807) is 6.07 Å².